The third-order valence-corrected chi connectivity index (χ3v) is 3.73. The van der Waals surface area contributed by atoms with Gasteiger partial charge in [0.2, 0.25) is 0 Å². The van der Waals surface area contributed by atoms with Gasteiger partial charge < -0.3 is 20.3 Å². The van der Waals surface area contributed by atoms with Crippen LogP contribution >= 0.6 is 0 Å². The van der Waals surface area contributed by atoms with E-state index in [1.54, 1.807) is 25.4 Å². The van der Waals surface area contributed by atoms with E-state index >= 15 is 0 Å². The average Bonchev–Trinajstić information content (AvgIpc) is 2.62. The average molecular weight is 328 g/mol. The molecule has 24 heavy (non-hydrogen) atoms. The second kappa shape index (κ2) is 8.88. The standard InChI is InChI=1S/C18H24N4O2/c1-4-22(2)13-12-20-18(23)14-8-7-11-19-17(14)21-15-9-5-6-10-16(15)24-3/h5-11H,4,12-13H2,1-3H3,(H,19,21)(H,20,23). The molecule has 0 radical (unpaired) electrons. The SMILES string of the molecule is CCN(C)CCNC(=O)c1cccnc1Nc1ccccc1OC. The molecule has 1 aromatic heterocycles. The highest BCUT2D eigenvalue weighted by atomic mass is 16.5. The Bertz CT molecular complexity index is 676. The number of anilines is 2. The number of likely N-dealkylation sites (N-methyl/N-ethyl adjacent to an activating group) is 1. The molecule has 0 bridgehead atoms. The van der Waals surface area contributed by atoms with Crippen molar-refractivity contribution in [2.75, 3.05) is 39.1 Å². The number of rotatable bonds is 8. The van der Waals surface area contributed by atoms with Gasteiger partial charge in [0, 0.05) is 19.3 Å². The molecular formula is C18H24N4O2. The van der Waals surface area contributed by atoms with Gasteiger partial charge in [-0.2, -0.15) is 0 Å². The zero-order valence-electron chi connectivity index (χ0n) is 14.4. The van der Waals surface area contributed by atoms with Gasteiger partial charge in [-0.05, 0) is 37.9 Å². The molecular weight excluding hydrogens is 304 g/mol. The van der Waals surface area contributed by atoms with Gasteiger partial charge in [0.1, 0.15) is 11.6 Å². The van der Waals surface area contributed by atoms with Crippen LogP contribution in [-0.2, 0) is 0 Å². The van der Waals surface area contributed by atoms with Crippen LogP contribution < -0.4 is 15.4 Å². The lowest BCUT2D eigenvalue weighted by atomic mass is 10.2. The van der Waals surface area contributed by atoms with Gasteiger partial charge >= 0.3 is 0 Å². The number of benzene rings is 1. The Kier molecular flexibility index (Phi) is 6.57. The van der Waals surface area contributed by atoms with Crippen LogP contribution in [0.2, 0.25) is 0 Å². The van der Waals surface area contributed by atoms with Gasteiger partial charge in [0.25, 0.3) is 5.91 Å². The number of ether oxygens (including phenoxy) is 1. The van der Waals surface area contributed by atoms with Gasteiger partial charge in [0.05, 0.1) is 18.4 Å². The van der Waals surface area contributed by atoms with Gasteiger partial charge in [-0.3, -0.25) is 4.79 Å². The van der Waals surface area contributed by atoms with Gasteiger partial charge in [-0.15, -0.1) is 0 Å². The summed E-state index contributed by atoms with van der Waals surface area (Å²) in [5, 5.41) is 6.10. The molecule has 2 N–H and O–H groups in total. The number of para-hydroxylation sites is 2. The molecule has 1 aromatic carbocycles. The maximum absolute atomic E-state index is 12.4. The number of pyridine rings is 1. The molecule has 0 aliphatic carbocycles. The smallest absolute Gasteiger partial charge is 0.255 e. The number of amides is 1. The number of nitrogens with one attached hydrogen (secondary N) is 2. The van der Waals surface area contributed by atoms with Crippen molar-refractivity contribution in [2.24, 2.45) is 0 Å². The van der Waals surface area contributed by atoms with Crippen molar-refractivity contribution in [2.45, 2.75) is 6.92 Å². The summed E-state index contributed by atoms with van der Waals surface area (Å²) in [6, 6.07) is 11.0. The van der Waals surface area contributed by atoms with Crippen molar-refractivity contribution in [3.8, 4) is 5.75 Å². The molecule has 0 atom stereocenters. The van der Waals surface area contributed by atoms with Crippen LogP contribution in [0.4, 0.5) is 11.5 Å². The molecule has 6 nitrogen and oxygen atoms in total. The maximum Gasteiger partial charge on any atom is 0.255 e. The van der Waals surface area contributed by atoms with E-state index in [2.05, 4.69) is 27.4 Å². The molecule has 0 spiro atoms. The molecule has 0 aliphatic rings. The maximum atomic E-state index is 12.4. The number of carbonyl (C=O) groups excluding carboxylic acids is 1. The summed E-state index contributed by atoms with van der Waals surface area (Å²) in [5.74, 6) is 1.05. The molecule has 0 saturated heterocycles. The predicted octanol–water partition coefficient (Wildman–Crippen LogP) is 2.52. The van der Waals surface area contributed by atoms with E-state index in [1.165, 1.54) is 0 Å². The van der Waals surface area contributed by atoms with Crippen LogP contribution in [0.1, 0.15) is 17.3 Å². The van der Waals surface area contributed by atoms with Crippen molar-refractivity contribution >= 4 is 17.4 Å². The lowest BCUT2D eigenvalue weighted by molar-refractivity contribution is 0.0950. The van der Waals surface area contributed by atoms with Crippen LogP contribution in [0, 0.1) is 0 Å². The monoisotopic (exact) mass is 328 g/mol. The van der Waals surface area contributed by atoms with E-state index in [-0.39, 0.29) is 5.91 Å². The van der Waals surface area contributed by atoms with Crippen LogP contribution in [0.25, 0.3) is 0 Å². The van der Waals surface area contributed by atoms with Gasteiger partial charge in [-0.25, -0.2) is 4.98 Å². The van der Waals surface area contributed by atoms with E-state index in [9.17, 15) is 4.79 Å². The summed E-state index contributed by atoms with van der Waals surface area (Å²) in [4.78, 5) is 18.9. The van der Waals surface area contributed by atoms with Crippen molar-refractivity contribution in [3.63, 3.8) is 0 Å². The largest absolute Gasteiger partial charge is 0.495 e. The lowest BCUT2D eigenvalue weighted by Crippen LogP contribution is -2.33. The fourth-order valence-corrected chi connectivity index (χ4v) is 2.18. The molecule has 0 unspecified atom stereocenters. The van der Waals surface area contributed by atoms with E-state index in [1.807, 2.05) is 31.3 Å². The quantitative estimate of drug-likeness (QED) is 0.779. The summed E-state index contributed by atoms with van der Waals surface area (Å²) < 4.78 is 5.33. The van der Waals surface area contributed by atoms with Crippen molar-refractivity contribution in [1.29, 1.82) is 0 Å². The first-order valence-corrected chi connectivity index (χ1v) is 7.97. The minimum absolute atomic E-state index is 0.148. The van der Waals surface area contributed by atoms with E-state index in [0.717, 1.165) is 18.8 Å². The predicted molar refractivity (Wildman–Crippen MR) is 96.0 cm³/mol. The Morgan fingerprint density at radius 3 is 2.79 bits per heavy atom. The van der Waals surface area contributed by atoms with Crippen molar-refractivity contribution in [3.05, 3.63) is 48.2 Å². The Morgan fingerprint density at radius 2 is 2.04 bits per heavy atom. The second-order valence-corrected chi connectivity index (χ2v) is 5.38. The first-order valence-electron chi connectivity index (χ1n) is 7.97. The molecule has 1 amide bonds. The van der Waals surface area contributed by atoms with Crippen LogP contribution in [0.5, 0.6) is 5.75 Å². The van der Waals surface area contributed by atoms with Crippen LogP contribution in [0.15, 0.2) is 42.6 Å². The van der Waals surface area contributed by atoms with Crippen molar-refractivity contribution in [1.82, 2.24) is 15.2 Å². The molecule has 0 aliphatic heterocycles. The fraction of sp³-hybridized carbons (Fsp3) is 0.333. The third-order valence-electron chi connectivity index (χ3n) is 3.73. The first kappa shape index (κ1) is 17.7. The molecule has 128 valence electrons. The number of hydrogen-bond donors (Lipinski definition) is 2. The molecule has 0 fully saturated rings. The minimum Gasteiger partial charge on any atom is -0.495 e. The highest BCUT2D eigenvalue weighted by Gasteiger charge is 2.13. The zero-order valence-corrected chi connectivity index (χ0v) is 14.4. The molecule has 6 heteroatoms. The van der Waals surface area contributed by atoms with Gasteiger partial charge in [0.15, 0.2) is 0 Å². The third kappa shape index (κ3) is 4.70. The first-order chi connectivity index (χ1) is 11.7. The summed E-state index contributed by atoms with van der Waals surface area (Å²) in [7, 11) is 3.63. The summed E-state index contributed by atoms with van der Waals surface area (Å²) in [5.41, 5.74) is 1.26. The van der Waals surface area contributed by atoms with Crippen LogP contribution in [0.3, 0.4) is 0 Å². The zero-order chi connectivity index (χ0) is 17.4. The van der Waals surface area contributed by atoms with Crippen molar-refractivity contribution < 1.29 is 9.53 Å². The number of hydrogen-bond acceptors (Lipinski definition) is 5. The molecule has 0 saturated carbocycles. The summed E-state index contributed by atoms with van der Waals surface area (Å²) in [6.07, 6.45) is 1.65. The Hall–Kier alpha value is -2.60. The van der Waals surface area contributed by atoms with Crippen LogP contribution in [-0.4, -0.2) is 49.6 Å². The number of aromatic nitrogens is 1. The minimum atomic E-state index is -0.148. The molecule has 2 rings (SSSR count). The Labute approximate surface area is 142 Å². The molecule has 2 aromatic rings. The second-order valence-electron chi connectivity index (χ2n) is 5.38. The fourth-order valence-electron chi connectivity index (χ4n) is 2.18. The normalized spacial score (nSPS) is 10.5. The Morgan fingerprint density at radius 1 is 1.25 bits per heavy atom. The summed E-state index contributed by atoms with van der Waals surface area (Å²) >= 11 is 0. The summed E-state index contributed by atoms with van der Waals surface area (Å²) in [6.45, 7) is 4.42. The number of nitrogens with zero attached hydrogens (tertiary/aromatic N) is 2. The Balaban J connectivity index is 2.11. The highest BCUT2D eigenvalue weighted by Crippen LogP contribution is 2.27. The topological polar surface area (TPSA) is 66.5 Å². The molecule has 1 heterocycles. The number of methoxy groups -OCH3 is 1. The number of carbonyl (C=O) groups is 1. The lowest BCUT2D eigenvalue weighted by Gasteiger charge is -2.15. The highest BCUT2D eigenvalue weighted by molar-refractivity contribution is 5.99. The van der Waals surface area contributed by atoms with Gasteiger partial charge in [-0.1, -0.05) is 19.1 Å². The van der Waals surface area contributed by atoms with E-state index < -0.39 is 0 Å². The van der Waals surface area contributed by atoms with E-state index in [0.29, 0.717) is 23.7 Å². The van der Waals surface area contributed by atoms with E-state index in [4.69, 9.17) is 4.74 Å².